The van der Waals surface area contributed by atoms with Crippen molar-refractivity contribution in [1.29, 1.82) is 0 Å². The summed E-state index contributed by atoms with van der Waals surface area (Å²) < 4.78 is 15.6. The van der Waals surface area contributed by atoms with Gasteiger partial charge in [0.1, 0.15) is 18.2 Å². The minimum absolute atomic E-state index is 0.0637. The number of aromatic nitrogens is 2. The number of para-hydroxylation sites is 2. The number of nitrogens with zero attached hydrogens (tertiary/aromatic N) is 3. The first kappa shape index (κ1) is 16.6. The van der Waals surface area contributed by atoms with Gasteiger partial charge >= 0.3 is 0 Å². The number of imidazole rings is 1. The van der Waals surface area contributed by atoms with Gasteiger partial charge in [0.25, 0.3) is 5.69 Å². The van der Waals surface area contributed by atoms with E-state index in [0.717, 1.165) is 35.1 Å². The molecule has 1 N–H and O–H groups in total. The Morgan fingerprint density at radius 1 is 1.32 bits per heavy atom. The van der Waals surface area contributed by atoms with Crippen LogP contribution in [0.15, 0.2) is 42.5 Å². The summed E-state index contributed by atoms with van der Waals surface area (Å²) in [6, 6.07) is 10.4. The van der Waals surface area contributed by atoms with Crippen molar-refractivity contribution in [2.45, 2.75) is 19.9 Å². The van der Waals surface area contributed by atoms with Crippen LogP contribution in [0.1, 0.15) is 12.7 Å². The number of aryl methyl sites for hydroxylation is 1. The van der Waals surface area contributed by atoms with E-state index >= 15 is 0 Å². The van der Waals surface area contributed by atoms with Gasteiger partial charge in [-0.05, 0) is 18.2 Å². The van der Waals surface area contributed by atoms with Crippen LogP contribution in [0.25, 0.3) is 11.0 Å². The van der Waals surface area contributed by atoms with Gasteiger partial charge in [-0.3, -0.25) is 14.9 Å². The molecule has 0 saturated heterocycles. The number of carbonyl (C=O) groups excluding carboxylic acids is 1. The second-order valence-corrected chi connectivity index (χ2v) is 5.43. The van der Waals surface area contributed by atoms with E-state index in [2.05, 4.69) is 10.3 Å². The third-order valence-electron chi connectivity index (χ3n) is 3.79. The largest absolute Gasteiger partial charge is 0.322 e. The fraction of sp³-hybridized carbons (Fsp3) is 0.176. The van der Waals surface area contributed by atoms with Gasteiger partial charge < -0.3 is 9.88 Å². The summed E-state index contributed by atoms with van der Waals surface area (Å²) in [7, 11) is 0. The summed E-state index contributed by atoms with van der Waals surface area (Å²) in [5, 5.41) is 13.2. The highest BCUT2D eigenvalue weighted by molar-refractivity contribution is 5.92. The van der Waals surface area contributed by atoms with Gasteiger partial charge in [0, 0.05) is 18.6 Å². The first-order valence-electron chi connectivity index (χ1n) is 7.67. The molecule has 0 spiro atoms. The highest BCUT2D eigenvalue weighted by atomic mass is 19.1. The molecule has 128 valence electrons. The molecule has 0 aliphatic rings. The number of carbonyl (C=O) groups is 1. The lowest BCUT2D eigenvalue weighted by molar-refractivity contribution is -0.384. The van der Waals surface area contributed by atoms with Crippen LogP contribution in [0.2, 0.25) is 0 Å². The van der Waals surface area contributed by atoms with Gasteiger partial charge in [0.05, 0.1) is 21.6 Å². The molecular weight excluding hydrogens is 327 g/mol. The Kier molecular flexibility index (Phi) is 4.42. The molecular formula is C17H15FN4O3. The van der Waals surface area contributed by atoms with Gasteiger partial charge in [-0.1, -0.05) is 19.1 Å². The molecule has 0 unspecified atom stereocenters. The van der Waals surface area contributed by atoms with Crippen molar-refractivity contribution >= 4 is 28.3 Å². The normalized spacial score (nSPS) is 10.8. The van der Waals surface area contributed by atoms with E-state index in [4.69, 9.17) is 0 Å². The molecule has 0 fully saturated rings. The van der Waals surface area contributed by atoms with Crippen LogP contribution in [0.4, 0.5) is 15.8 Å². The van der Waals surface area contributed by atoms with Crippen LogP contribution < -0.4 is 5.32 Å². The Morgan fingerprint density at radius 2 is 2.08 bits per heavy atom. The molecule has 2 aromatic carbocycles. The Bertz CT molecular complexity index is 968. The maximum atomic E-state index is 13.8. The van der Waals surface area contributed by atoms with E-state index in [1.54, 1.807) is 4.57 Å². The zero-order valence-electron chi connectivity index (χ0n) is 13.4. The number of hydrogen-bond acceptors (Lipinski definition) is 4. The molecule has 7 nitrogen and oxygen atoms in total. The number of nitrogens with one attached hydrogen (secondary N) is 1. The van der Waals surface area contributed by atoms with Gasteiger partial charge in [-0.25, -0.2) is 9.37 Å². The van der Waals surface area contributed by atoms with Crippen LogP contribution in [0.3, 0.4) is 0 Å². The van der Waals surface area contributed by atoms with Crippen LogP contribution in [0.5, 0.6) is 0 Å². The zero-order valence-corrected chi connectivity index (χ0v) is 13.4. The standard InChI is InChI=1S/C17H15FN4O3/c1-2-16-19-13-5-3-4-6-15(13)21(16)10-17(23)20-14-9-11(22(24)25)7-8-12(14)18/h3-9H,2,10H2,1H3,(H,20,23). The Labute approximate surface area is 142 Å². The van der Waals surface area contributed by atoms with Gasteiger partial charge in [0.2, 0.25) is 5.91 Å². The summed E-state index contributed by atoms with van der Waals surface area (Å²) in [5.74, 6) is -0.488. The van der Waals surface area contributed by atoms with Crippen molar-refractivity contribution in [3.8, 4) is 0 Å². The fourth-order valence-corrected chi connectivity index (χ4v) is 2.63. The second kappa shape index (κ2) is 6.68. The van der Waals surface area contributed by atoms with Crippen molar-refractivity contribution in [2.75, 3.05) is 5.32 Å². The number of halogens is 1. The first-order chi connectivity index (χ1) is 12.0. The molecule has 1 heterocycles. The quantitative estimate of drug-likeness (QED) is 0.569. The first-order valence-corrected chi connectivity index (χ1v) is 7.67. The number of benzene rings is 2. The SMILES string of the molecule is CCc1nc2ccccc2n1CC(=O)Nc1cc([N+](=O)[O-])ccc1F. The highest BCUT2D eigenvalue weighted by Crippen LogP contribution is 2.22. The summed E-state index contributed by atoms with van der Waals surface area (Å²) in [6.07, 6.45) is 0.632. The Morgan fingerprint density at radius 3 is 2.80 bits per heavy atom. The van der Waals surface area contributed by atoms with E-state index in [1.807, 2.05) is 31.2 Å². The molecule has 0 atom stereocenters. The smallest absolute Gasteiger partial charge is 0.271 e. The van der Waals surface area contributed by atoms with Crippen molar-refractivity contribution in [2.24, 2.45) is 0 Å². The van der Waals surface area contributed by atoms with Crippen molar-refractivity contribution in [3.63, 3.8) is 0 Å². The minimum Gasteiger partial charge on any atom is -0.322 e. The van der Waals surface area contributed by atoms with Gasteiger partial charge in [-0.15, -0.1) is 0 Å². The maximum absolute atomic E-state index is 13.8. The maximum Gasteiger partial charge on any atom is 0.271 e. The summed E-state index contributed by atoms with van der Waals surface area (Å²) in [6.45, 7) is 1.86. The Hall–Kier alpha value is -3.29. The number of amides is 1. The van der Waals surface area contributed by atoms with E-state index in [-0.39, 0.29) is 17.9 Å². The predicted molar refractivity (Wildman–Crippen MR) is 90.8 cm³/mol. The van der Waals surface area contributed by atoms with E-state index in [9.17, 15) is 19.3 Å². The van der Waals surface area contributed by atoms with Gasteiger partial charge in [0.15, 0.2) is 0 Å². The van der Waals surface area contributed by atoms with Crippen LogP contribution in [-0.2, 0) is 17.8 Å². The lowest BCUT2D eigenvalue weighted by atomic mass is 10.2. The summed E-state index contributed by atoms with van der Waals surface area (Å²) >= 11 is 0. The molecule has 25 heavy (non-hydrogen) atoms. The van der Waals surface area contributed by atoms with E-state index in [1.165, 1.54) is 0 Å². The monoisotopic (exact) mass is 342 g/mol. The van der Waals surface area contributed by atoms with E-state index in [0.29, 0.717) is 6.42 Å². The summed E-state index contributed by atoms with van der Waals surface area (Å²) in [5.41, 5.74) is 1.06. The lowest BCUT2D eigenvalue weighted by Crippen LogP contribution is -2.20. The molecule has 0 saturated carbocycles. The third kappa shape index (κ3) is 3.32. The second-order valence-electron chi connectivity index (χ2n) is 5.43. The van der Waals surface area contributed by atoms with Crippen molar-refractivity contribution in [1.82, 2.24) is 9.55 Å². The van der Waals surface area contributed by atoms with Gasteiger partial charge in [-0.2, -0.15) is 0 Å². The molecule has 1 amide bonds. The third-order valence-corrected chi connectivity index (χ3v) is 3.79. The molecule has 3 aromatic rings. The Balaban J connectivity index is 1.86. The van der Waals surface area contributed by atoms with Crippen LogP contribution >= 0.6 is 0 Å². The topological polar surface area (TPSA) is 90.1 Å². The number of fused-ring (bicyclic) bond motifs is 1. The average Bonchev–Trinajstić information content (AvgIpc) is 2.94. The molecule has 1 aromatic heterocycles. The molecule has 0 aliphatic heterocycles. The van der Waals surface area contributed by atoms with Crippen LogP contribution in [-0.4, -0.2) is 20.4 Å². The lowest BCUT2D eigenvalue weighted by Gasteiger charge is -2.10. The number of hydrogen-bond donors (Lipinski definition) is 1. The molecule has 0 radical (unpaired) electrons. The highest BCUT2D eigenvalue weighted by Gasteiger charge is 2.16. The molecule has 8 heteroatoms. The molecule has 3 rings (SSSR count). The number of non-ortho nitro benzene ring substituents is 1. The molecule has 0 aliphatic carbocycles. The predicted octanol–water partition coefficient (Wildman–Crippen LogP) is 3.28. The number of nitro benzene ring substituents is 1. The zero-order chi connectivity index (χ0) is 18.0. The number of anilines is 1. The number of rotatable bonds is 5. The summed E-state index contributed by atoms with van der Waals surface area (Å²) in [4.78, 5) is 26.9. The average molecular weight is 342 g/mol. The molecule has 0 bridgehead atoms. The van der Waals surface area contributed by atoms with Crippen molar-refractivity contribution in [3.05, 3.63) is 64.2 Å². The fourth-order valence-electron chi connectivity index (χ4n) is 2.63. The number of nitro groups is 1. The van der Waals surface area contributed by atoms with Crippen LogP contribution in [0, 0.1) is 15.9 Å². The van der Waals surface area contributed by atoms with E-state index < -0.39 is 16.6 Å². The van der Waals surface area contributed by atoms with Crippen molar-refractivity contribution < 1.29 is 14.1 Å². The minimum atomic E-state index is -0.731.